The fourth-order valence-electron chi connectivity index (χ4n) is 2.27. The van der Waals surface area contributed by atoms with Gasteiger partial charge in [-0.2, -0.15) is 5.26 Å². The molecule has 0 spiro atoms. The Hall–Kier alpha value is -1.30. The summed E-state index contributed by atoms with van der Waals surface area (Å²) in [4.78, 5) is 4.28. The van der Waals surface area contributed by atoms with Gasteiger partial charge in [-0.25, -0.2) is 4.98 Å². The molecule has 2 unspecified atom stereocenters. The molecule has 1 aromatic heterocycles. The van der Waals surface area contributed by atoms with E-state index in [1.165, 1.54) is 12.1 Å². The van der Waals surface area contributed by atoms with E-state index in [0.29, 0.717) is 6.04 Å². The van der Waals surface area contributed by atoms with E-state index >= 15 is 0 Å². The lowest BCUT2D eigenvalue weighted by Crippen LogP contribution is -2.13. The van der Waals surface area contributed by atoms with Crippen molar-refractivity contribution in [1.82, 2.24) is 9.55 Å². The summed E-state index contributed by atoms with van der Waals surface area (Å²) in [5, 5.41) is 9.01. The number of aryl methyl sites for hydroxylation is 1. The number of nitrogens with zero attached hydrogens (tertiary/aromatic N) is 3. The molecule has 1 heterocycles. The minimum absolute atomic E-state index is 0.183. The van der Waals surface area contributed by atoms with Crippen LogP contribution in [0.3, 0.4) is 0 Å². The fourth-order valence-corrected chi connectivity index (χ4v) is 2.27. The smallest absolute Gasteiger partial charge is 0.0954 e. The zero-order valence-electron chi connectivity index (χ0n) is 8.70. The Labute approximate surface area is 84.4 Å². The molecule has 0 aromatic carbocycles. The number of hydrogen-bond acceptors (Lipinski definition) is 2. The summed E-state index contributed by atoms with van der Waals surface area (Å²) in [7, 11) is 0. The molecule has 3 nitrogen and oxygen atoms in total. The number of rotatable bonds is 1. The van der Waals surface area contributed by atoms with Crippen LogP contribution < -0.4 is 0 Å². The first-order valence-electron chi connectivity index (χ1n) is 5.13. The molecule has 0 bridgehead atoms. The molecule has 1 aliphatic carbocycles. The number of imidazole rings is 1. The topological polar surface area (TPSA) is 41.6 Å². The lowest BCUT2D eigenvalue weighted by molar-refractivity contribution is 0.441. The van der Waals surface area contributed by atoms with Gasteiger partial charge in [0.15, 0.2) is 0 Å². The summed E-state index contributed by atoms with van der Waals surface area (Å²) in [5.74, 6) is 0.183. The van der Waals surface area contributed by atoms with E-state index in [-0.39, 0.29) is 5.92 Å². The quantitative estimate of drug-likeness (QED) is 0.680. The average Bonchev–Trinajstić information content (AvgIpc) is 2.75. The van der Waals surface area contributed by atoms with Gasteiger partial charge in [0, 0.05) is 5.69 Å². The van der Waals surface area contributed by atoms with Crippen molar-refractivity contribution in [2.24, 2.45) is 5.92 Å². The highest BCUT2D eigenvalue weighted by Crippen LogP contribution is 2.36. The molecule has 2 rings (SSSR count). The van der Waals surface area contributed by atoms with Gasteiger partial charge in [-0.15, -0.1) is 0 Å². The third-order valence-corrected chi connectivity index (χ3v) is 3.29. The van der Waals surface area contributed by atoms with Gasteiger partial charge in [0.05, 0.1) is 30.1 Å². The zero-order chi connectivity index (χ0) is 10.1. The van der Waals surface area contributed by atoms with Crippen molar-refractivity contribution >= 4 is 0 Å². The third kappa shape index (κ3) is 1.31. The second-order valence-electron chi connectivity index (χ2n) is 4.06. The first-order chi connectivity index (χ1) is 6.74. The number of hydrogen-bond donors (Lipinski definition) is 0. The molecule has 0 N–H and O–H groups in total. The van der Waals surface area contributed by atoms with E-state index in [1.54, 1.807) is 0 Å². The van der Waals surface area contributed by atoms with Crippen molar-refractivity contribution in [2.45, 2.75) is 39.2 Å². The van der Waals surface area contributed by atoms with Gasteiger partial charge >= 0.3 is 0 Å². The van der Waals surface area contributed by atoms with Gasteiger partial charge in [0.25, 0.3) is 0 Å². The molecule has 3 heteroatoms. The second-order valence-corrected chi connectivity index (χ2v) is 4.06. The summed E-state index contributed by atoms with van der Waals surface area (Å²) in [6.07, 6.45) is 5.21. The van der Waals surface area contributed by atoms with Crippen LogP contribution in [0.25, 0.3) is 0 Å². The van der Waals surface area contributed by atoms with E-state index in [2.05, 4.69) is 22.5 Å². The molecule has 2 atom stereocenters. The Kier molecular flexibility index (Phi) is 2.28. The molecule has 0 saturated heterocycles. The Balaban J connectivity index is 2.31. The summed E-state index contributed by atoms with van der Waals surface area (Å²) >= 11 is 0. The maximum Gasteiger partial charge on any atom is 0.0954 e. The van der Waals surface area contributed by atoms with Crippen LogP contribution in [0, 0.1) is 31.1 Å². The first-order valence-corrected chi connectivity index (χ1v) is 5.13. The highest BCUT2D eigenvalue weighted by Gasteiger charge is 2.29. The van der Waals surface area contributed by atoms with Crippen LogP contribution in [0.2, 0.25) is 0 Å². The van der Waals surface area contributed by atoms with Gasteiger partial charge in [0.2, 0.25) is 0 Å². The minimum Gasteiger partial charge on any atom is -0.330 e. The van der Waals surface area contributed by atoms with E-state index in [1.807, 2.05) is 13.3 Å². The third-order valence-electron chi connectivity index (χ3n) is 3.29. The predicted octanol–water partition coefficient (Wildman–Crippen LogP) is 2.36. The largest absolute Gasteiger partial charge is 0.330 e. The van der Waals surface area contributed by atoms with Crippen molar-refractivity contribution in [3.63, 3.8) is 0 Å². The highest BCUT2D eigenvalue weighted by atomic mass is 15.1. The van der Waals surface area contributed by atoms with Crippen LogP contribution in [0.5, 0.6) is 0 Å². The maximum atomic E-state index is 9.01. The highest BCUT2D eigenvalue weighted by molar-refractivity contribution is 5.12. The Morgan fingerprint density at radius 2 is 2.29 bits per heavy atom. The fraction of sp³-hybridized carbons (Fsp3) is 0.636. The van der Waals surface area contributed by atoms with Crippen LogP contribution in [0.1, 0.15) is 36.7 Å². The lowest BCUT2D eigenvalue weighted by atomic mass is 10.1. The van der Waals surface area contributed by atoms with Crippen LogP contribution in [-0.2, 0) is 0 Å². The summed E-state index contributed by atoms with van der Waals surface area (Å²) in [6.45, 7) is 4.09. The van der Waals surface area contributed by atoms with Crippen LogP contribution in [0.4, 0.5) is 0 Å². The minimum atomic E-state index is 0.183. The molecular weight excluding hydrogens is 174 g/mol. The molecule has 1 saturated carbocycles. The van der Waals surface area contributed by atoms with Gasteiger partial charge < -0.3 is 4.57 Å². The normalized spacial score (nSPS) is 26.4. The number of aromatic nitrogens is 2. The lowest BCUT2D eigenvalue weighted by Gasteiger charge is -2.16. The monoisotopic (exact) mass is 189 g/mol. The molecule has 1 fully saturated rings. The molecule has 0 aliphatic heterocycles. The maximum absolute atomic E-state index is 9.01. The molecular formula is C11H15N3. The summed E-state index contributed by atoms with van der Waals surface area (Å²) in [6, 6.07) is 2.76. The summed E-state index contributed by atoms with van der Waals surface area (Å²) in [5.41, 5.74) is 2.28. The molecule has 1 aromatic rings. The van der Waals surface area contributed by atoms with Gasteiger partial charge in [-0.05, 0) is 33.1 Å². The molecule has 74 valence electrons. The van der Waals surface area contributed by atoms with Gasteiger partial charge in [-0.3, -0.25) is 0 Å². The van der Waals surface area contributed by atoms with Crippen LogP contribution in [-0.4, -0.2) is 9.55 Å². The van der Waals surface area contributed by atoms with Crippen molar-refractivity contribution in [3.05, 3.63) is 17.7 Å². The average molecular weight is 189 g/mol. The summed E-state index contributed by atoms with van der Waals surface area (Å²) < 4.78 is 2.18. The van der Waals surface area contributed by atoms with E-state index in [9.17, 15) is 0 Å². The van der Waals surface area contributed by atoms with E-state index < -0.39 is 0 Å². The molecule has 1 aliphatic rings. The van der Waals surface area contributed by atoms with Crippen molar-refractivity contribution in [1.29, 1.82) is 5.26 Å². The van der Waals surface area contributed by atoms with E-state index in [0.717, 1.165) is 18.5 Å². The molecule has 0 amide bonds. The standard InChI is InChI=1S/C11H15N3/c1-8-9(2)14(7-13-8)11-5-3-4-10(11)6-12/h7,10-11H,3-5H2,1-2H3. The van der Waals surface area contributed by atoms with Crippen LogP contribution >= 0.6 is 0 Å². The zero-order valence-corrected chi connectivity index (χ0v) is 8.70. The van der Waals surface area contributed by atoms with Crippen molar-refractivity contribution in [3.8, 4) is 6.07 Å². The van der Waals surface area contributed by atoms with Crippen LogP contribution in [0.15, 0.2) is 6.33 Å². The van der Waals surface area contributed by atoms with Gasteiger partial charge in [-0.1, -0.05) is 0 Å². The Morgan fingerprint density at radius 1 is 1.50 bits per heavy atom. The predicted molar refractivity (Wildman–Crippen MR) is 53.7 cm³/mol. The first kappa shape index (κ1) is 9.26. The molecule has 0 radical (unpaired) electrons. The van der Waals surface area contributed by atoms with Crippen molar-refractivity contribution < 1.29 is 0 Å². The van der Waals surface area contributed by atoms with Crippen molar-refractivity contribution in [2.75, 3.05) is 0 Å². The Bertz CT molecular complexity index is 372. The SMILES string of the molecule is Cc1ncn(C2CCCC2C#N)c1C. The molecule has 14 heavy (non-hydrogen) atoms. The number of nitriles is 1. The Morgan fingerprint density at radius 3 is 2.86 bits per heavy atom. The van der Waals surface area contributed by atoms with E-state index in [4.69, 9.17) is 5.26 Å². The van der Waals surface area contributed by atoms with Gasteiger partial charge in [0.1, 0.15) is 0 Å². The second kappa shape index (κ2) is 3.45.